The zero-order valence-corrected chi connectivity index (χ0v) is 14.2. The number of hydrogen-bond acceptors (Lipinski definition) is 3. The minimum Gasteiger partial charge on any atom is -0.369 e. The van der Waals surface area contributed by atoms with Crippen molar-refractivity contribution in [2.24, 2.45) is 11.1 Å². The van der Waals surface area contributed by atoms with Crippen molar-refractivity contribution >= 4 is 11.8 Å². The topological polar surface area (TPSA) is 81.2 Å². The van der Waals surface area contributed by atoms with Gasteiger partial charge in [0.15, 0.2) is 0 Å². The first-order valence-corrected chi connectivity index (χ1v) is 8.09. The van der Waals surface area contributed by atoms with E-state index >= 15 is 0 Å². The quantitative estimate of drug-likeness (QED) is 0.928. The largest absolute Gasteiger partial charge is 0.369 e. The van der Waals surface area contributed by atoms with E-state index in [9.17, 15) is 9.59 Å². The number of amides is 2. The van der Waals surface area contributed by atoms with Gasteiger partial charge in [0.25, 0.3) is 5.91 Å². The monoisotopic (exact) mass is 326 g/mol. The van der Waals surface area contributed by atoms with Crippen molar-refractivity contribution in [1.29, 1.82) is 0 Å². The van der Waals surface area contributed by atoms with Crippen LogP contribution in [0.1, 0.15) is 35.5 Å². The summed E-state index contributed by atoms with van der Waals surface area (Å²) in [5.41, 5.74) is 8.31. The number of hydrogen-bond donors (Lipinski definition) is 1. The van der Waals surface area contributed by atoms with Gasteiger partial charge in [0.05, 0.1) is 28.6 Å². The SMILES string of the molecule is CCc1c(C(=O)N2CC(C)(C(N)=O)C2)cnn1-c1ccccc1C. The molecule has 0 radical (unpaired) electrons. The number of primary amides is 1. The van der Waals surface area contributed by atoms with Crippen LogP contribution in [-0.2, 0) is 11.2 Å². The Morgan fingerprint density at radius 1 is 1.29 bits per heavy atom. The van der Waals surface area contributed by atoms with Crippen LogP contribution in [0.15, 0.2) is 30.5 Å². The Hall–Kier alpha value is -2.63. The van der Waals surface area contributed by atoms with Gasteiger partial charge in [-0.05, 0) is 31.9 Å². The maximum absolute atomic E-state index is 12.8. The van der Waals surface area contributed by atoms with Crippen molar-refractivity contribution in [2.75, 3.05) is 13.1 Å². The van der Waals surface area contributed by atoms with Gasteiger partial charge in [0, 0.05) is 13.1 Å². The normalized spacial score (nSPS) is 15.9. The van der Waals surface area contributed by atoms with Gasteiger partial charge in [-0.2, -0.15) is 5.10 Å². The number of carbonyl (C=O) groups is 2. The lowest BCUT2D eigenvalue weighted by Gasteiger charge is -2.45. The molecule has 24 heavy (non-hydrogen) atoms. The molecule has 2 N–H and O–H groups in total. The zero-order valence-electron chi connectivity index (χ0n) is 14.2. The van der Waals surface area contributed by atoms with Crippen molar-refractivity contribution in [3.05, 3.63) is 47.3 Å². The van der Waals surface area contributed by atoms with Crippen molar-refractivity contribution in [2.45, 2.75) is 27.2 Å². The second-order valence-electron chi connectivity index (χ2n) is 6.64. The first-order chi connectivity index (χ1) is 11.4. The van der Waals surface area contributed by atoms with Gasteiger partial charge in [-0.3, -0.25) is 9.59 Å². The van der Waals surface area contributed by atoms with Gasteiger partial charge < -0.3 is 10.6 Å². The van der Waals surface area contributed by atoms with Crippen molar-refractivity contribution in [3.8, 4) is 5.69 Å². The predicted octanol–water partition coefficient (Wildman–Crippen LogP) is 1.69. The molecule has 1 aliphatic rings. The lowest BCUT2D eigenvalue weighted by molar-refractivity contribution is -0.134. The van der Waals surface area contributed by atoms with E-state index < -0.39 is 5.41 Å². The summed E-state index contributed by atoms with van der Waals surface area (Å²) in [7, 11) is 0. The highest BCUT2D eigenvalue weighted by Gasteiger charge is 2.46. The number of aromatic nitrogens is 2. The summed E-state index contributed by atoms with van der Waals surface area (Å²) in [6.45, 7) is 6.54. The lowest BCUT2D eigenvalue weighted by atomic mass is 9.81. The molecule has 0 bridgehead atoms. The molecule has 1 aromatic heterocycles. The fraction of sp³-hybridized carbons (Fsp3) is 0.389. The average Bonchev–Trinajstić information content (AvgIpc) is 2.95. The fourth-order valence-corrected chi connectivity index (χ4v) is 3.17. The molecule has 1 aromatic carbocycles. The summed E-state index contributed by atoms with van der Waals surface area (Å²) in [6, 6.07) is 7.94. The number of nitrogens with two attached hydrogens (primary N) is 1. The molecule has 1 aliphatic heterocycles. The number of para-hydroxylation sites is 1. The van der Waals surface area contributed by atoms with Crippen LogP contribution in [0.3, 0.4) is 0 Å². The van der Waals surface area contributed by atoms with E-state index in [1.807, 2.05) is 42.8 Å². The van der Waals surface area contributed by atoms with Gasteiger partial charge in [-0.1, -0.05) is 25.1 Å². The van der Waals surface area contributed by atoms with Crippen LogP contribution in [-0.4, -0.2) is 39.6 Å². The third kappa shape index (κ3) is 2.48. The molecule has 6 heteroatoms. The molecule has 0 spiro atoms. The summed E-state index contributed by atoms with van der Waals surface area (Å²) >= 11 is 0. The number of nitrogens with zero attached hydrogens (tertiary/aromatic N) is 3. The smallest absolute Gasteiger partial charge is 0.257 e. The molecule has 2 amide bonds. The number of rotatable bonds is 4. The van der Waals surface area contributed by atoms with Crippen LogP contribution in [0.25, 0.3) is 5.69 Å². The second-order valence-corrected chi connectivity index (χ2v) is 6.64. The zero-order chi connectivity index (χ0) is 17.5. The number of carbonyl (C=O) groups excluding carboxylic acids is 2. The molecule has 0 atom stereocenters. The Labute approximate surface area is 141 Å². The molecular weight excluding hydrogens is 304 g/mol. The Balaban J connectivity index is 1.90. The van der Waals surface area contributed by atoms with Crippen molar-refractivity contribution in [3.63, 3.8) is 0 Å². The Morgan fingerprint density at radius 2 is 1.96 bits per heavy atom. The van der Waals surface area contributed by atoms with Gasteiger partial charge in [-0.25, -0.2) is 4.68 Å². The lowest BCUT2D eigenvalue weighted by Crippen LogP contribution is -2.62. The number of benzene rings is 1. The van der Waals surface area contributed by atoms with E-state index in [0.717, 1.165) is 16.9 Å². The third-order valence-corrected chi connectivity index (χ3v) is 4.74. The maximum atomic E-state index is 12.8. The minimum absolute atomic E-state index is 0.0922. The predicted molar refractivity (Wildman–Crippen MR) is 90.9 cm³/mol. The van der Waals surface area contributed by atoms with Gasteiger partial charge in [0.2, 0.25) is 5.91 Å². The standard InChI is InChI=1S/C18H22N4O2/c1-4-14-13(16(23)21-10-18(3,11-21)17(19)24)9-20-22(14)15-8-6-5-7-12(15)2/h5-9H,4,10-11H2,1-3H3,(H2,19,24). The van der Waals surface area contributed by atoms with Crippen LogP contribution < -0.4 is 5.73 Å². The molecule has 2 aromatic rings. The Morgan fingerprint density at radius 3 is 2.54 bits per heavy atom. The molecule has 0 saturated carbocycles. The highest BCUT2D eigenvalue weighted by atomic mass is 16.2. The average molecular weight is 326 g/mol. The van der Waals surface area contributed by atoms with E-state index in [-0.39, 0.29) is 11.8 Å². The summed E-state index contributed by atoms with van der Waals surface area (Å²) in [4.78, 5) is 25.8. The van der Waals surface area contributed by atoms with Gasteiger partial charge in [-0.15, -0.1) is 0 Å². The second kappa shape index (κ2) is 5.78. The van der Waals surface area contributed by atoms with E-state index in [1.54, 1.807) is 18.0 Å². The Kier molecular flexibility index (Phi) is 3.91. The highest BCUT2D eigenvalue weighted by molar-refractivity contribution is 5.97. The van der Waals surface area contributed by atoms with Crippen LogP contribution >= 0.6 is 0 Å². The molecule has 0 unspecified atom stereocenters. The highest BCUT2D eigenvalue weighted by Crippen LogP contribution is 2.31. The van der Waals surface area contributed by atoms with Crippen LogP contribution in [0, 0.1) is 12.3 Å². The van der Waals surface area contributed by atoms with E-state index in [4.69, 9.17) is 5.73 Å². The molecule has 3 rings (SSSR count). The Bertz CT molecular complexity index is 803. The summed E-state index contributed by atoms with van der Waals surface area (Å²) in [5, 5.41) is 4.43. The van der Waals surface area contributed by atoms with Crippen LogP contribution in [0.5, 0.6) is 0 Å². The van der Waals surface area contributed by atoms with Crippen LogP contribution in [0.2, 0.25) is 0 Å². The maximum Gasteiger partial charge on any atom is 0.257 e. The molecular formula is C18H22N4O2. The number of likely N-dealkylation sites (tertiary alicyclic amines) is 1. The molecule has 1 saturated heterocycles. The number of aryl methyl sites for hydroxylation is 1. The summed E-state index contributed by atoms with van der Waals surface area (Å²) in [6.07, 6.45) is 2.31. The van der Waals surface area contributed by atoms with Gasteiger partial charge >= 0.3 is 0 Å². The fourth-order valence-electron chi connectivity index (χ4n) is 3.17. The minimum atomic E-state index is -0.617. The molecule has 1 fully saturated rings. The van der Waals surface area contributed by atoms with E-state index in [0.29, 0.717) is 25.1 Å². The first-order valence-electron chi connectivity index (χ1n) is 8.09. The third-order valence-electron chi connectivity index (χ3n) is 4.74. The van der Waals surface area contributed by atoms with Crippen LogP contribution in [0.4, 0.5) is 0 Å². The summed E-state index contributed by atoms with van der Waals surface area (Å²) < 4.78 is 1.83. The van der Waals surface area contributed by atoms with E-state index in [1.165, 1.54) is 0 Å². The van der Waals surface area contributed by atoms with Crippen molar-refractivity contribution < 1.29 is 9.59 Å². The molecule has 2 heterocycles. The van der Waals surface area contributed by atoms with Gasteiger partial charge in [0.1, 0.15) is 0 Å². The molecule has 126 valence electrons. The summed E-state index contributed by atoms with van der Waals surface area (Å²) in [5.74, 6) is -0.455. The van der Waals surface area contributed by atoms with E-state index in [2.05, 4.69) is 5.10 Å². The van der Waals surface area contributed by atoms with Crippen molar-refractivity contribution in [1.82, 2.24) is 14.7 Å². The molecule has 6 nitrogen and oxygen atoms in total. The first kappa shape index (κ1) is 16.2. The molecule has 0 aliphatic carbocycles.